The largest absolute Gasteiger partial charge is 0.394 e. The maximum atomic E-state index is 13.4. The second kappa shape index (κ2) is 51.4. The Bertz CT molecular complexity index is 1740. The van der Waals surface area contributed by atoms with Gasteiger partial charge in [0.15, 0.2) is 18.9 Å². The van der Waals surface area contributed by atoms with Crippen molar-refractivity contribution >= 4 is 5.91 Å². The topological polar surface area (TPSA) is 307 Å². The molecule has 3 aliphatic heterocycles. The Hall–Kier alpha value is -1.99. The van der Waals surface area contributed by atoms with Crippen LogP contribution in [0.4, 0.5) is 0 Å². The lowest BCUT2D eigenvalue weighted by molar-refractivity contribution is -0.379. The summed E-state index contributed by atoms with van der Waals surface area (Å²) in [7, 11) is 0. The van der Waals surface area contributed by atoms with Crippen molar-refractivity contribution in [1.82, 2.24) is 5.32 Å². The Morgan fingerprint density at radius 2 is 0.750 bits per heavy atom. The third-order valence-corrected chi connectivity index (χ3v) is 17.7. The molecule has 0 aromatic heterocycles. The highest BCUT2D eigenvalue weighted by Gasteiger charge is 2.53. The molecule has 0 bridgehead atoms. The third kappa shape index (κ3) is 33.2. The summed E-state index contributed by atoms with van der Waals surface area (Å²) in [6, 6.07) is -0.892. The van der Waals surface area contributed by atoms with E-state index in [1.54, 1.807) is 0 Å². The maximum absolute atomic E-state index is 13.4. The number of aliphatic hydroxyl groups is 11. The Balaban J connectivity index is 1.44. The van der Waals surface area contributed by atoms with Crippen LogP contribution < -0.4 is 5.32 Å². The van der Waals surface area contributed by atoms with Gasteiger partial charge in [0.1, 0.15) is 73.2 Å². The van der Waals surface area contributed by atoms with E-state index in [-0.39, 0.29) is 18.9 Å². The predicted molar refractivity (Wildman–Crippen MR) is 342 cm³/mol. The normalized spacial score (nSPS) is 28.6. The van der Waals surface area contributed by atoms with Gasteiger partial charge in [0.25, 0.3) is 0 Å². The van der Waals surface area contributed by atoms with Gasteiger partial charge < -0.3 is 89.9 Å². The maximum Gasteiger partial charge on any atom is 0.220 e. The molecule has 0 saturated carbocycles. The zero-order chi connectivity index (χ0) is 64.0. The fraction of sp³-hybridized carbons (Fsp3) is 0.899. The summed E-state index contributed by atoms with van der Waals surface area (Å²) in [5.74, 6) is -0.248. The zero-order valence-electron chi connectivity index (χ0n) is 54.5. The van der Waals surface area contributed by atoms with E-state index >= 15 is 0 Å². The third-order valence-electron chi connectivity index (χ3n) is 17.7. The molecule has 17 unspecified atom stereocenters. The molecule has 12 N–H and O–H groups in total. The molecule has 19 heteroatoms. The minimum atomic E-state index is -1.97. The fourth-order valence-corrected chi connectivity index (χ4v) is 12.0. The van der Waals surface area contributed by atoms with Gasteiger partial charge in [-0.3, -0.25) is 4.79 Å². The minimum absolute atomic E-state index is 0.248. The molecule has 0 aromatic carbocycles. The molecular weight excluding hydrogens is 1130 g/mol. The number of amides is 1. The standard InChI is InChI=1S/C69H127NO18/c1-3-5-7-9-11-13-15-17-19-21-23-25-26-27-29-31-33-35-37-39-41-43-45-47-57(75)70-52(53(74)46-44-42-40-38-36-34-32-30-28-24-22-20-18-16-14-12-10-8-6-4-2)51-83-67-63(81)60(78)65(55(49-72)85-67)88-69-64(82)61(79)66(56(50-73)86-69)87-68-62(80)59(77)58(76)54(48-71)84-68/h15,17,21,23,26-27,52-56,58-69,71-74,76-82H,3-14,16,18-20,22,24-25,28-51H2,1-2H3,(H,70,75)/b17-15-,23-21-,27-26-. The van der Waals surface area contributed by atoms with Gasteiger partial charge in [-0.15, -0.1) is 0 Å². The number of aliphatic hydroxyl groups excluding tert-OH is 11. The lowest BCUT2D eigenvalue weighted by Gasteiger charge is -2.48. The van der Waals surface area contributed by atoms with Gasteiger partial charge in [-0.05, 0) is 51.4 Å². The van der Waals surface area contributed by atoms with E-state index in [1.807, 2.05) is 0 Å². The van der Waals surface area contributed by atoms with Crippen LogP contribution in [0.1, 0.15) is 264 Å². The molecule has 0 aromatic rings. The monoisotopic (exact) mass is 1260 g/mol. The molecule has 516 valence electrons. The average molecular weight is 1260 g/mol. The molecule has 3 aliphatic rings. The lowest BCUT2D eigenvalue weighted by atomic mass is 9.96. The van der Waals surface area contributed by atoms with Crippen LogP contribution in [-0.4, -0.2) is 193 Å². The van der Waals surface area contributed by atoms with Crippen LogP contribution in [0.5, 0.6) is 0 Å². The molecule has 0 radical (unpaired) electrons. The van der Waals surface area contributed by atoms with Crippen LogP contribution in [0.3, 0.4) is 0 Å². The van der Waals surface area contributed by atoms with Gasteiger partial charge in [-0.2, -0.15) is 0 Å². The number of carbonyl (C=O) groups is 1. The first-order valence-corrected chi connectivity index (χ1v) is 35.2. The Morgan fingerprint density at radius 1 is 0.409 bits per heavy atom. The van der Waals surface area contributed by atoms with Crippen molar-refractivity contribution in [1.29, 1.82) is 0 Å². The molecule has 3 fully saturated rings. The molecule has 3 rings (SSSR count). The molecule has 3 saturated heterocycles. The number of rotatable bonds is 54. The molecular formula is C69H127NO18. The average Bonchev–Trinajstić information content (AvgIpc) is 3.71. The van der Waals surface area contributed by atoms with Crippen molar-refractivity contribution in [2.24, 2.45) is 0 Å². The molecule has 17 atom stereocenters. The van der Waals surface area contributed by atoms with Gasteiger partial charge in [0, 0.05) is 6.42 Å². The van der Waals surface area contributed by atoms with Crippen molar-refractivity contribution in [3.05, 3.63) is 36.5 Å². The Labute approximate surface area is 530 Å². The molecule has 0 spiro atoms. The number of allylic oxidation sites excluding steroid dienone is 6. The highest BCUT2D eigenvalue weighted by molar-refractivity contribution is 5.76. The lowest BCUT2D eigenvalue weighted by Crippen LogP contribution is -2.66. The van der Waals surface area contributed by atoms with E-state index in [9.17, 15) is 61.0 Å². The molecule has 3 heterocycles. The molecule has 88 heavy (non-hydrogen) atoms. The van der Waals surface area contributed by atoms with Crippen molar-refractivity contribution in [3.8, 4) is 0 Å². The van der Waals surface area contributed by atoms with Gasteiger partial charge in [0.2, 0.25) is 5.91 Å². The van der Waals surface area contributed by atoms with Crippen LogP contribution in [0, 0.1) is 0 Å². The van der Waals surface area contributed by atoms with Crippen LogP contribution >= 0.6 is 0 Å². The van der Waals surface area contributed by atoms with Crippen molar-refractivity contribution in [2.75, 3.05) is 26.4 Å². The number of nitrogens with one attached hydrogen (secondary N) is 1. The number of ether oxygens (including phenoxy) is 6. The van der Waals surface area contributed by atoms with E-state index in [0.717, 1.165) is 70.6 Å². The number of hydrogen-bond donors (Lipinski definition) is 12. The second-order valence-electron chi connectivity index (χ2n) is 25.3. The first kappa shape index (κ1) is 80.2. The summed E-state index contributed by atoms with van der Waals surface area (Å²) >= 11 is 0. The van der Waals surface area contributed by atoms with Crippen LogP contribution in [-0.2, 0) is 33.2 Å². The summed E-state index contributed by atoms with van der Waals surface area (Å²) in [6.45, 7) is 1.80. The molecule has 0 aliphatic carbocycles. The Kier molecular flexibility index (Phi) is 46.9. The number of unbranched alkanes of at least 4 members (excludes halogenated alkanes) is 32. The first-order chi connectivity index (χ1) is 42.8. The minimum Gasteiger partial charge on any atom is -0.394 e. The first-order valence-electron chi connectivity index (χ1n) is 35.2. The van der Waals surface area contributed by atoms with E-state index in [4.69, 9.17) is 28.4 Å². The van der Waals surface area contributed by atoms with Gasteiger partial charge in [-0.25, -0.2) is 0 Å². The summed E-state index contributed by atoms with van der Waals surface area (Å²) in [5, 5.41) is 121. The van der Waals surface area contributed by atoms with E-state index < -0.39 is 124 Å². The summed E-state index contributed by atoms with van der Waals surface area (Å²) < 4.78 is 34.4. The summed E-state index contributed by atoms with van der Waals surface area (Å²) in [6.07, 6.45) is 32.1. The highest BCUT2D eigenvalue weighted by atomic mass is 16.8. The zero-order valence-corrected chi connectivity index (χ0v) is 54.5. The van der Waals surface area contributed by atoms with Gasteiger partial charge >= 0.3 is 0 Å². The van der Waals surface area contributed by atoms with Crippen molar-refractivity contribution < 1.29 is 89.4 Å². The smallest absolute Gasteiger partial charge is 0.220 e. The van der Waals surface area contributed by atoms with Gasteiger partial charge in [-0.1, -0.05) is 243 Å². The van der Waals surface area contributed by atoms with Crippen LogP contribution in [0.25, 0.3) is 0 Å². The molecule has 19 nitrogen and oxygen atoms in total. The fourth-order valence-electron chi connectivity index (χ4n) is 12.0. The summed E-state index contributed by atoms with van der Waals surface area (Å²) in [5.41, 5.74) is 0. The highest BCUT2D eigenvalue weighted by Crippen LogP contribution is 2.33. The Morgan fingerprint density at radius 3 is 1.17 bits per heavy atom. The van der Waals surface area contributed by atoms with E-state index in [0.29, 0.717) is 12.8 Å². The van der Waals surface area contributed by atoms with Crippen molar-refractivity contribution in [3.63, 3.8) is 0 Å². The van der Waals surface area contributed by atoms with Crippen LogP contribution in [0.2, 0.25) is 0 Å². The molecule has 1 amide bonds. The number of hydrogen-bond acceptors (Lipinski definition) is 18. The van der Waals surface area contributed by atoms with Gasteiger partial charge in [0.05, 0.1) is 38.6 Å². The van der Waals surface area contributed by atoms with Crippen molar-refractivity contribution in [2.45, 2.75) is 369 Å². The van der Waals surface area contributed by atoms with E-state index in [1.165, 1.54) is 161 Å². The van der Waals surface area contributed by atoms with Crippen LogP contribution in [0.15, 0.2) is 36.5 Å². The predicted octanol–water partition coefficient (Wildman–Crippen LogP) is 9.22. The van der Waals surface area contributed by atoms with E-state index in [2.05, 4.69) is 55.6 Å². The quantitative estimate of drug-likeness (QED) is 0.0199. The SMILES string of the molecule is CCCCCCC/C=C\C/C=C\C/C=C\CCCCCCCCCCC(=O)NC(COC1OC(CO)C(OC2OC(CO)C(OC3OC(CO)C(O)C(O)C3O)C(O)C2O)C(O)C1O)C(O)CCCCCCCCCCCCCCCCCCCCCC. The second-order valence-corrected chi connectivity index (χ2v) is 25.3. The summed E-state index contributed by atoms with van der Waals surface area (Å²) in [4.78, 5) is 13.4. The number of carbonyl (C=O) groups excluding carboxylic acids is 1.